The smallest absolute Gasteiger partial charge is 0.0458 e. The van der Waals surface area contributed by atoms with Crippen molar-refractivity contribution in [3.05, 3.63) is 192 Å². The quantitative estimate of drug-likeness (QED) is 0.227. The fourth-order valence-corrected chi connectivity index (χ4v) is 4.69. The highest BCUT2D eigenvalue weighted by atomic mass is 15.2. The molecule has 0 fully saturated rings. The van der Waals surface area contributed by atoms with Crippen LogP contribution in [0.4, 0.5) is 0 Å². The van der Waals surface area contributed by atoms with Crippen LogP contribution in [0.15, 0.2) is 175 Å². The second-order valence-electron chi connectivity index (χ2n) is 9.66. The van der Waals surface area contributed by atoms with E-state index >= 15 is 0 Å². The third kappa shape index (κ3) is 7.94. The molecular weight excluding hydrogens is 482 g/mol. The molecule has 0 N–H and O–H groups in total. The molecule has 0 radical (unpaired) electrons. The molecule has 0 saturated carbocycles. The summed E-state index contributed by atoms with van der Waals surface area (Å²) in [5.74, 6) is 0. The highest BCUT2D eigenvalue weighted by Gasteiger charge is 2.15. The van der Waals surface area contributed by atoms with Gasteiger partial charge in [0.15, 0.2) is 0 Å². The van der Waals surface area contributed by atoms with Gasteiger partial charge in [-0.1, -0.05) is 141 Å². The zero-order valence-corrected chi connectivity index (χ0v) is 23.7. The first kappa shape index (κ1) is 28.4. The van der Waals surface area contributed by atoms with Gasteiger partial charge in [-0.15, -0.1) is 0 Å². The molecule has 0 spiro atoms. The first-order chi connectivity index (χ1) is 19.7. The van der Waals surface area contributed by atoms with Gasteiger partial charge >= 0.3 is 0 Å². The molecule has 1 nitrogen and oxygen atoms in total. The van der Waals surface area contributed by atoms with Gasteiger partial charge < -0.3 is 4.90 Å². The highest BCUT2D eigenvalue weighted by Crippen LogP contribution is 2.29. The summed E-state index contributed by atoms with van der Waals surface area (Å²) in [5, 5.41) is 0. The van der Waals surface area contributed by atoms with Crippen LogP contribution in [0.1, 0.15) is 43.4 Å². The number of hydrogen-bond acceptors (Lipinski definition) is 1. The Morgan fingerprint density at radius 2 is 1.48 bits per heavy atom. The van der Waals surface area contributed by atoms with Crippen LogP contribution in [-0.4, -0.2) is 4.90 Å². The van der Waals surface area contributed by atoms with Crippen LogP contribution in [0.2, 0.25) is 0 Å². The molecule has 40 heavy (non-hydrogen) atoms. The molecule has 4 rings (SSSR count). The van der Waals surface area contributed by atoms with E-state index in [1.54, 1.807) is 0 Å². The first-order valence-electron chi connectivity index (χ1n) is 14.1. The molecule has 0 aliphatic heterocycles. The van der Waals surface area contributed by atoms with Crippen molar-refractivity contribution in [1.82, 2.24) is 4.90 Å². The Labute approximate surface area is 240 Å². The Morgan fingerprint density at radius 3 is 2.15 bits per heavy atom. The molecule has 0 amide bonds. The Balaban J connectivity index is 1.72. The summed E-state index contributed by atoms with van der Waals surface area (Å²) in [4.78, 5) is 2.35. The highest BCUT2D eigenvalue weighted by molar-refractivity contribution is 5.73. The molecule has 0 atom stereocenters. The van der Waals surface area contributed by atoms with Crippen molar-refractivity contribution in [2.24, 2.45) is 0 Å². The largest absolute Gasteiger partial charge is 0.311 e. The number of rotatable bonds is 11. The maximum absolute atomic E-state index is 4.33. The van der Waals surface area contributed by atoms with Gasteiger partial charge in [0.25, 0.3) is 0 Å². The zero-order valence-electron chi connectivity index (χ0n) is 23.7. The predicted molar refractivity (Wildman–Crippen MR) is 174 cm³/mol. The van der Waals surface area contributed by atoms with Crippen LogP contribution < -0.4 is 0 Å². The summed E-state index contributed by atoms with van der Waals surface area (Å²) in [6.07, 6.45) is 25.0. The number of allylic oxidation sites excluding steroid dienone is 12. The van der Waals surface area contributed by atoms with E-state index in [0.29, 0.717) is 0 Å². The Hall–Kier alpha value is -4.62. The maximum Gasteiger partial charge on any atom is 0.0458 e. The van der Waals surface area contributed by atoms with Gasteiger partial charge in [0.05, 0.1) is 0 Å². The predicted octanol–water partition coefficient (Wildman–Crippen LogP) is 10.5. The lowest BCUT2D eigenvalue weighted by Crippen LogP contribution is -2.19. The third-order valence-electron chi connectivity index (χ3n) is 6.79. The van der Waals surface area contributed by atoms with E-state index in [4.69, 9.17) is 0 Å². The van der Waals surface area contributed by atoms with Gasteiger partial charge in [-0.05, 0) is 78.3 Å². The van der Waals surface area contributed by atoms with Gasteiger partial charge in [0.2, 0.25) is 0 Å². The zero-order chi connectivity index (χ0) is 28.0. The number of benzene rings is 3. The molecule has 0 bridgehead atoms. The Morgan fingerprint density at radius 1 is 0.800 bits per heavy atom. The fraction of sp³-hybridized carbons (Fsp3) is 0.128. The molecule has 0 aromatic heterocycles. The van der Waals surface area contributed by atoms with Crippen LogP contribution in [0.3, 0.4) is 0 Å². The van der Waals surface area contributed by atoms with E-state index in [2.05, 4.69) is 171 Å². The van der Waals surface area contributed by atoms with Crippen LogP contribution in [0.25, 0.3) is 11.1 Å². The summed E-state index contributed by atoms with van der Waals surface area (Å²) in [5.41, 5.74) is 9.33. The molecule has 3 aromatic rings. The van der Waals surface area contributed by atoms with Crippen LogP contribution in [0, 0.1) is 0 Å². The Kier molecular flexibility index (Phi) is 10.7. The lowest BCUT2D eigenvalue weighted by molar-refractivity contribution is 0.573. The van der Waals surface area contributed by atoms with Crippen molar-refractivity contribution in [2.75, 3.05) is 0 Å². The van der Waals surface area contributed by atoms with Gasteiger partial charge in [-0.2, -0.15) is 0 Å². The van der Waals surface area contributed by atoms with E-state index in [-0.39, 0.29) is 0 Å². The Bertz CT molecular complexity index is 1460. The van der Waals surface area contributed by atoms with Crippen LogP contribution >= 0.6 is 0 Å². The van der Waals surface area contributed by atoms with Crippen molar-refractivity contribution in [3.63, 3.8) is 0 Å². The van der Waals surface area contributed by atoms with E-state index in [9.17, 15) is 0 Å². The van der Waals surface area contributed by atoms with Crippen LogP contribution in [-0.2, 0) is 6.42 Å². The van der Waals surface area contributed by atoms with Crippen molar-refractivity contribution >= 4 is 11.1 Å². The molecule has 1 aliphatic carbocycles. The van der Waals surface area contributed by atoms with E-state index in [0.717, 1.165) is 47.5 Å². The first-order valence-corrected chi connectivity index (χ1v) is 14.1. The minimum Gasteiger partial charge on any atom is -0.311 e. The second-order valence-corrected chi connectivity index (χ2v) is 9.66. The summed E-state index contributed by atoms with van der Waals surface area (Å²) in [7, 11) is 0. The fourth-order valence-electron chi connectivity index (χ4n) is 4.69. The number of nitrogens with zero attached hydrogens (tertiary/aromatic N) is 1. The minimum atomic E-state index is 0.883. The molecular formula is C39H39N. The van der Waals surface area contributed by atoms with Crippen LogP contribution in [0.5, 0.6) is 0 Å². The lowest BCUT2D eigenvalue weighted by atomic mass is 10.0. The minimum absolute atomic E-state index is 0.883. The van der Waals surface area contributed by atoms with E-state index in [1.165, 1.54) is 16.7 Å². The molecule has 0 heterocycles. The molecule has 0 unspecified atom stereocenters. The topological polar surface area (TPSA) is 3.24 Å². The molecule has 3 aromatic carbocycles. The van der Waals surface area contributed by atoms with Gasteiger partial charge in [-0.3, -0.25) is 0 Å². The standard InChI is InChI=1S/C39H39N/c1-4-17-38(26-15-20-33-18-9-6-10-19-33)40(37(5-2)30-28-32(3)34-21-11-7-12-22-34)39-27-16-25-36(29-31-39)35-23-13-8-14-24-35/h5-19,21-24,26-31H,3-4,20,25H2,1-2H3/b26-15-,30-28-,37-5+,38-17+. The summed E-state index contributed by atoms with van der Waals surface area (Å²) in [6.45, 7) is 8.62. The number of hydrogen-bond donors (Lipinski definition) is 0. The molecule has 1 aliphatic rings. The monoisotopic (exact) mass is 521 g/mol. The molecule has 1 heteroatoms. The molecule has 0 saturated heterocycles. The van der Waals surface area contributed by atoms with Crippen molar-refractivity contribution < 1.29 is 0 Å². The normalized spacial score (nSPS) is 14.2. The van der Waals surface area contributed by atoms with Crippen molar-refractivity contribution in [1.29, 1.82) is 0 Å². The summed E-state index contributed by atoms with van der Waals surface area (Å²) < 4.78 is 0. The third-order valence-corrected chi connectivity index (χ3v) is 6.79. The lowest BCUT2D eigenvalue weighted by Gasteiger charge is -2.28. The summed E-state index contributed by atoms with van der Waals surface area (Å²) in [6, 6.07) is 31.6. The maximum atomic E-state index is 4.33. The van der Waals surface area contributed by atoms with Gasteiger partial charge in [0.1, 0.15) is 0 Å². The molecule has 200 valence electrons. The average Bonchev–Trinajstić information content (AvgIpc) is 3.26. The van der Waals surface area contributed by atoms with E-state index in [1.807, 2.05) is 6.07 Å². The van der Waals surface area contributed by atoms with E-state index < -0.39 is 0 Å². The van der Waals surface area contributed by atoms with Gasteiger partial charge in [-0.25, -0.2) is 0 Å². The van der Waals surface area contributed by atoms with Crippen molar-refractivity contribution in [3.8, 4) is 0 Å². The second kappa shape index (κ2) is 15.1. The summed E-state index contributed by atoms with van der Waals surface area (Å²) >= 11 is 0. The van der Waals surface area contributed by atoms with Gasteiger partial charge in [0, 0.05) is 17.1 Å². The van der Waals surface area contributed by atoms with Crippen molar-refractivity contribution in [2.45, 2.75) is 33.1 Å². The average molecular weight is 522 g/mol. The SMILES string of the molecule is C=C(/C=C\C(=C/C)N(C1=CC=C(c2ccccc2)CC=C1)C(/C=C\Cc1ccccc1)=C/CC)c1ccccc1.